The fourth-order valence-corrected chi connectivity index (χ4v) is 9.92. The van der Waals surface area contributed by atoms with Crippen LogP contribution >= 0.6 is 23.5 Å². The van der Waals surface area contributed by atoms with Crippen molar-refractivity contribution >= 4 is 113 Å². The first-order valence-electron chi connectivity index (χ1n) is 18.9. The SMILES string of the molecule is O=C(O)CCSCc1cc(C(=O)Nc2ccc(/C=C/c3ccc(NC(=O)c4cc(CSCCC(=O)O)c5ccccc5c4O)cc3S(=O)(=O)O)c(S(=O)(=O)O)c2)c(O)c2ccccc12. The zero-order chi connectivity index (χ0) is 46.3. The van der Waals surface area contributed by atoms with Crippen molar-refractivity contribution in [2.24, 2.45) is 0 Å². The number of fused-ring (bicyclic) bond motifs is 2. The Morgan fingerprint density at radius 2 is 0.891 bits per heavy atom. The maximum absolute atomic E-state index is 13.5. The maximum atomic E-state index is 13.5. The molecule has 8 N–H and O–H groups in total. The van der Waals surface area contributed by atoms with Gasteiger partial charge in [0.15, 0.2) is 0 Å². The van der Waals surface area contributed by atoms with Crippen molar-refractivity contribution in [3.8, 4) is 11.5 Å². The molecule has 0 radical (unpaired) electrons. The first-order chi connectivity index (χ1) is 30.3. The summed E-state index contributed by atoms with van der Waals surface area (Å²) in [7, 11) is -9.99. The summed E-state index contributed by atoms with van der Waals surface area (Å²) in [5, 5.41) is 47.1. The molecule has 0 aliphatic heterocycles. The fraction of sp³-hybridized carbons (Fsp3) is 0.136. The van der Waals surface area contributed by atoms with Crippen molar-refractivity contribution < 1.29 is 65.5 Å². The molecule has 64 heavy (non-hydrogen) atoms. The molecule has 20 heteroatoms. The number of carbonyl (C=O) groups excluding carboxylic acids is 2. The van der Waals surface area contributed by atoms with E-state index in [1.807, 2.05) is 0 Å². The third kappa shape index (κ3) is 11.4. The van der Waals surface area contributed by atoms with Crippen molar-refractivity contribution in [1.82, 2.24) is 0 Å². The molecule has 0 heterocycles. The molecule has 6 aromatic carbocycles. The van der Waals surface area contributed by atoms with Gasteiger partial charge in [0.25, 0.3) is 32.1 Å². The Morgan fingerprint density at radius 1 is 0.531 bits per heavy atom. The molecule has 0 unspecified atom stereocenters. The zero-order valence-corrected chi connectivity index (χ0v) is 36.5. The van der Waals surface area contributed by atoms with Crippen LogP contribution in [0, 0.1) is 0 Å². The number of anilines is 2. The highest BCUT2D eigenvalue weighted by Gasteiger charge is 2.23. The molecular weight excluding hydrogens is 909 g/mol. The van der Waals surface area contributed by atoms with Gasteiger partial charge in [-0.25, -0.2) is 0 Å². The van der Waals surface area contributed by atoms with E-state index in [9.17, 15) is 55.3 Å². The maximum Gasteiger partial charge on any atom is 0.304 e. The highest BCUT2D eigenvalue weighted by molar-refractivity contribution is 7.98. The summed E-state index contributed by atoms with van der Waals surface area (Å²) in [4.78, 5) is 47.7. The number of carboxylic acid groups (broad SMARTS) is 2. The smallest absolute Gasteiger partial charge is 0.304 e. The van der Waals surface area contributed by atoms with Crippen LogP contribution in [0.25, 0.3) is 33.7 Å². The van der Waals surface area contributed by atoms with Crippen LogP contribution in [0.2, 0.25) is 0 Å². The van der Waals surface area contributed by atoms with Gasteiger partial charge in [-0.2, -0.15) is 40.4 Å². The summed E-state index contributed by atoms with van der Waals surface area (Å²) in [6.07, 6.45) is 2.10. The summed E-state index contributed by atoms with van der Waals surface area (Å²) in [6.45, 7) is 0. The molecule has 0 aliphatic rings. The van der Waals surface area contributed by atoms with E-state index in [-0.39, 0.29) is 58.0 Å². The van der Waals surface area contributed by atoms with Crippen LogP contribution in [-0.4, -0.2) is 81.6 Å². The average Bonchev–Trinajstić information content (AvgIpc) is 3.24. The van der Waals surface area contributed by atoms with E-state index in [2.05, 4.69) is 10.6 Å². The number of rotatable bonds is 18. The molecule has 332 valence electrons. The third-order valence-corrected chi connectivity index (χ3v) is 13.5. The highest BCUT2D eigenvalue weighted by Crippen LogP contribution is 2.36. The molecule has 0 fully saturated rings. The van der Waals surface area contributed by atoms with Crippen molar-refractivity contribution in [2.45, 2.75) is 34.1 Å². The van der Waals surface area contributed by atoms with E-state index in [1.165, 1.54) is 59.9 Å². The van der Waals surface area contributed by atoms with Gasteiger partial charge in [-0.1, -0.05) is 72.8 Å². The molecular formula is C44H38N2O14S4. The Morgan fingerprint density at radius 3 is 1.23 bits per heavy atom. The largest absolute Gasteiger partial charge is 0.506 e. The van der Waals surface area contributed by atoms with Crippen LogP contribution < -0.4 is 10.6 Å². The number of benzene rings is 6. The van der Waals surface area contributed by atoms with Crippen molar-refractivity contribution in [3.63, 3.8) is 0 Å². The lowest BCUT2D eigenvalue weighted by Crippen LogP contribution is -2.14. The van der Waals surface area contributed by atoms with Gasteiger partial charge in [0, 0.05) is 45.2 Å². The van der Waals surface area contributed by atoms with Crippen LogP contribution in [0.1, 0.15) is 55.8 Å². The molecule has 0 aromatic heterocycles. The molecule has 0 saturated heterocycles. The second kappa shape index (κ2) is 20.0. The van der Waals surface area contributed by atoms with Crippen LogP contribution in [0.15, 0.2) is 107 Å². The van der Waals surface area contributed by atoms with Gasteiger partial charge in [-0.05, 0) is 69.4 Å². The second-order valence-corrected chi connectivity index (χ2v) is 19.0. The lowest BCUT2D eigenvalue weighted by atomic mass is 9.99. The van der Waals surface area contributed by atoms with E-state index in [4.69, 9.17) is 10.2 Å². The number of thioether (sulfide) groups is 2. The standard InChI is InChI=1S/C44H38N2O14S4/c47-39(48)15-17-61-23-27-19-35(41(51)33-7-3-1-5-31(27)33)43(53)45-29-13-11-25(37(21-29)63(55,56)57)9-10-26-12-14-30(22-38(26)64(58,59)60)46-44(54)36-20-28(24-62-18-16-40(49)50)32-6-2-4-8-34(32)42(36)52/h1-14,19-22,51-52H,15-18,23-24H2,(H,45,53)(H,46,54)(H,47,48)(H,49,50)(H,55,56,57)(H,58,59,60)/b10-9+. The second-order valence-electron chi connectivity index (χ2n) is 14.0. The van der Waals surface area contributed by atoms with Gasteiger partial charge in [-0.15, -0.1) is 0 Å². The first-order valence-corrected chi connectivity index (χ1v) is 24.1. The predicted octanol–water partition coefficient (Wildman–Crippen LogP) is 7.99. The summed E-state index contributed by atoms with van der Waals surface area (Å²) in [6, 6.07) is 23.3. The number of amides is 2. The number of hydrogen-bond donors (Lipinski definition) is 8. The molecule has 0 aliphatic carbocycles. The number of phenolic OH excluding ortho intramolecular Hbond substituents is 2. The summed E-state index contributed by atoms with van der Waals surface area (Å²) in [5.41, 5.74) is 0.380. The normalized spacial score (nSPS) is 11.8. The zero-order valence-electron chi connectivity index (χ0n) is 33.2. The van der Waals surface area contributed by atoms with E-state index < -0.39 is 53.8 Å². The summed E-state index contributed by atoms with van der Waals surface area (Å²) >= 11 is 2.63. The number of phenols is 2. The Balaban J connectivity index is 1.25. The fourth-order valence-electron chi connectivity index (χ4n) is 6.66. The first kappa shape index (κ1) is 47.1. The monoisotopic (exact) mass is 946 g/mol. The lowest BCUT2D eigenvalue weighted by molar-refractivity contribution is -0.137. The van der Waals surface area contributed by atoms with Crippen molar-refractivity contribution in [2.75, 3.05) is 22.1 Å². The van der Waals surface area contributed by atoms with Gasteiger partial charge in [0.05, 0.1) is 24.0 Å². The van der Waals surface area contributed by atoms with Gasteiger partial charge in [0.2, 0.25) is 0 Å². The molecule has 0 spiro atoms. The number of carboxylic acids is 2. The van der Waals surface area contributed by atoms with Crippen LogP contribution in [-0.2, 0) is 41.3 Å². The Bertz CT molecular complexity index is 2890. The van der Waals surface area contributed by atoms with E-state index in [0.717, 1.165) is 24.3 Å². The number of carbonyl (C=O) groups is 4. The molecule has 6 rings (SSSR count). The minimum atomic E-state index is -5.00. The molecule has 0 bridgehead atoms. The Hall–Kier alpha value is -6.42. The minimum absolute atomic E-state index is 0.0777. The predicted molar refractivity (Wildman–Crippen MR) is 245 cm³/mol. The number of hydrogen-bond acceptors (Lipinski definition) is 12. The number of nitrogens with one attached hydrogen (secondary N) is 2. The van der Waals surface area contributed by atoms with Gasteiger partial charge < -0.3 is 31.1 Å². The quantitative estimate of drug-likeness (QED) is 0.0230. The number of aromatic hydroxyl groups is 2. The summed E-state index contributed by atoms with van der Waals surface area (Å²) < 4.78 is 70.7. The number of aliphatic carboxylic acids is 2. The third-order valence-electron chi connectivity index (χ3n) is 9.67. The van der Waals surface area contributed by atoms with Gasteiger partial charge >= 0.3 is 11.9 Å². The van der Waals surface area contributed by atoms with Gasteiger partial charge in [0.1, 0.15) is 21.3 Å². The molecule has 0 saturated carbocycles. The van der Waals surface area contributed by atoms with Crippen LogP contribution in [0.3, 0.4) is 0 Å². The molecule has 6 aromatic rings. The van der Waals surface area contributed by atoms with Crippen LogP contribution in [0.5, 0.6) is 11.5 Å². The molecule has 16 nitrogen and oxygen atoms in total. The highest BCUT2D eigenvalue weighted by atomic mass is 32.2. The summed E-state index contributed by atoms with van der Waals surface area (Å²) in [5.74, 6) is -3.09. The van der Waals surface area contributed by atoms with E-state index >= 15 is 0 Å². The molecule has 0 atom stereocenters. The van der Waals surface area contributed by atoms with E-state index in [0.29, 0.717) is 55.7 Å². The topological polar surface area (TPSA) is 282 Å². The Labute approximate surface area is 374 Å². The lowest BCUT2D eigenvalue weighted by Gasteiger charge is -2.14. The molecule has 2 amide bonds. The van der Waals surface area contributed by atoms with Crippen LogP contribution in [0.4, 0.5) is 11.4 Å². The van der Waals surface area contributed by atoms with Gasteiger partial charge in [-0.3, -0.25) is 28.3 Å². The van der Waals surface area contributed by atoms with Crippen molar-refractivity contribution in [1.29, 1.82) is 0 Å². The van der Waals surface area contributed by atoms with E-state index in [1.54, 1.807) is 48.5 Å². The van der Waals surface area contributed by atoms with Crippen molar-refractivity contribution in [3.05, 3.63) is 130 Å². The minimum Gasteiger partial charge on any atom is -0.506 e. The Kier molecular flexibility index (Phi) is 14.7. The average molecular weight is 947 g/mol.